The fourth-order valence-corrected chi connectivity index (χ4v) is 2.02. The van der Waals surface area contributed by atoms with Gasteiger partial charge in [0.2, 0.25) is 0 Å². The molecule has 2 aromatic rings. The van der Waals surface area contributed by atoms with Crippen molar-refractivity contribution in [3.63, 3.8) is 0 Å². The van der Waals surface area contributed by atoms with E-state index in [-0.39, 0.29) is 12.1 Å². The van der Waals surface area contributed by atoms with E-state index in [0.29, 0.717) is 6.54 Å². The maximum absolute atomic E-state index is 9.27. The van der Waals surface area contributed by atoms with Crippen molar-refractivity contribution in [1.82, 2.24) is 20.7 Å². The highest BCUT2D eigenvalue weighted by Gasteiger charge is 2.41. The third-order valence-electron chi connectivity index (χ3n) is 3.45. The Morgan fingerprint density at radius 1 is 1.22 bits per heavy atom. The maximum Gasteiger partial charge on any atom is 0.117 e. The molecule has 1 saturated carbocycles. The van der Waals surface area contributed by atoms with E-state index in [9.17, 15) is 5.11 Å². The Morgan fingerprint density at radius 2 is 2.00 bits per heavy atom. The monoisotopic (exact) mass is 244 g/mol. The van der Waals surface area contributed by atoms with E-state index < -0.39 is 0 Å². The highest BCUT2D eigenvalue weighted by molar-refractivity contribution is 5.60. The number of benzene rings is 1. The average Bonchev–Trinajstić information content (AvgIpc) is 3.07. The highest BCUT2D eigenvalue weighted by atomic mass is 16.3. The largest absolute Gasteiger partial charge is 0.394 e. The van der Waals surface area contributed by atoms with Crippen LogP contribution in [0, 0.1) is 0 Å². The highest BCUT2D eigenvalue weighted by Crippen LogP contribution is 2.35. The van der Waals surface area contributed by atoms with E-state index >= 15 is 0 Å². The Bertz CT molecular complexity index is 519. The third kappa shape index (κ3) is 2.14. The molecule has 1 aromatic carbocycles. The second-order valence-corrected chi connectivity index (χ2v) is 4.78. The van der Waals surface area contributed by atoms with Crippen molar-refractivity contribution in [2.75, 3.05) is 6.61 Å². The summed E-state index contributed by atoms with van der Waals surface area (Å²) in [7, 11) is 0. The summed E-state index contributed by atoms with van der Waals surface area (Å²) >= 11 is 0. The second kappa shape index (κ2) is 4.51. The summed E-state index contributed by atoms with van der Waals surface area (Å²) in [6, 6.07) is 9.97. The van der Waals surface area contributed by atoms with E-state index in [4.69, 9.17) is 0 Å². The normalized spacial score (nSPS) is 16.7. The van der Waals surface area contributed by atoms with E-state index in [1.54, 1.807) is 0 Å². The van der Waals surface area contributed by atoms with Crippen LogP contribution in [0.1, 0.15) is 18.5 Å². The fourth-order valence-electron chi connectivity index (χ4n) is 2.02. The number of aromatic nitrogens is 3. The van der Waals surface area contributed by atoms with Gasteiger partial charge in [0, 0.05) is 17.6 Å². The number of H-pyrrole nitrogens is 1. The lowest BCUT2D eigenvalue weighted by Gasteiger charge is -2.13. The molecule has 0 spiro atoms. The van der Waals surface area contributed by atoms with Crippen molar-refractivity contribution in [3.05, 3.63) is 36.0 Å². The predicted octanol–water partition coefficient (Wildman–Crippen LogP) is 1.09. The smallest absolute Gasteiger partial charge is 0.117 e. The first-order chi connectivity index (χ1) is 8.83. The Morgan fingerprint density at radius 3 is 2.67 bits per heavy atom. The van der Waals surface area contributed by atoms with Gasteiger partial charge in [0.15, 0.2) is 0 Å². The van der Waals surface area contributed by atoms with Gasteiger partial charge in [-0.25, -0.2) is 0 Å². The quantitative estimate of drug-likeness (QED) is 0.736. The van der Waals surface area contributed by atoms with Crippen LogP contribution >= 0.6 is 0 Å². The number of rotatable bonds is 5. The van der Waals surface area contributed by atoms with Crippen molar-refractivity contribution in [2.45, 2.75) is 24.9 Å². The van der Waals surface area contributed by atoms with Gasteiger partial charge in [-0.15, -0.1) is 0 Å². The van der Waals surface area contributed by atoms with Crippen LogP contribution in [0.4, 0.5) is 0 Å². The molecule has 5 heteroatoms. The number of aliphatic hydroxyl groups is 1. The Hall–Kier alpha value is -1.72. The number of nitrogens with zero attached hydrogens (tertiary/aromatic N) is 2. The minimum Gasteiger partial charge on any atom is -0.394 e. The topological polar surface area (TPSA) is 73.8 Å². The molecule has 94 valence electrons. The summed E-state index contributed by atoms with van der Waals surface area (Å²) in [4.78, 5) is 0. The zero-order valence-electron chi connectivity index (χ0n) is 10.1. The van der Waals surface area contributed by atoms with Gasteiger partial charge < -0.3 is 10.4 Å². The number of hydrogen-bond acceptors (Lipinski definition) is 4. The second-order valence-electron chi connectivity index (χ2n) is 4.78. The summed E-state index contributed by atoms with van der Waals surface area (Å²) in [5.41, 5.74) is 2.74. The molecular formula is C13H16N4O. The molecule has 0 unspecified atom stereocenters. The van der Waals surface area contributed by atoms with Crippen molar-refractivity contribution < 1.29 is 5.11 Å². The molecule has 0 amide bonds. The maximum atomic E-state index is 9.27. The van der Waals surface area contributed by atoms with Gasteiger partial charge in [-0.3, -0.25) is 0 Å². The molecule has 1 aliphatic carbocycles. The van der Waals surface area contributed by atoms with Gasteiger partial charge in [-0.2, -0.15) is 15.4 Å². The van der Waals surface area contributed by atoms with Crippen LogP contribution in [0.15, 0.2) is 30.3 Å². The zero-order chi connectivity index (χ0) is 12.4. The molecular weight excluding hydrogens is 228 g/mol. The molecule has 0 radical (unpaired) electrons. The molecule has 1 heterocycles. The van der Waals surface area contributed by atoms with Crippen LogP contribution in [0.2, 0.25) is 0 Å². The number of nitrogens with one attached hydrogen (secondary N) is 2. The Labute approximate surface area is 105 Å². The van der Waals surface area contributed by atoms with Crippen molar-refractivity contribution in [2.24, 2.45) is 0 Å². The number of hydrogen-bond donors (Lipinski definition) is 3. The van der Waals surface area contributed by atoms with Gasteiger partial charge >= 0.3 is 0 Å². The van der Waals surface area contributed by atoms with E-state index in [1.807, 2.05) is 30.3 Å². The SMILES string of the molecule is OCC1(NCc2n[nH]nc2-c2ccccc2)CC1. The lowest BCUT2D eigenvalue weighted by molar-refractivity contribution is 0.229. The van der Waals surface area contributed by atoms with Gasteiger partial charge in [-0.05, 0) is 12.8 Å². The van der Waals surface area contributed by atoms with Crippen LogP contribution in [-0.4, -0.2) is 32.7 Å². The molecule has 3 rings (SSSR count). The Balaban J connectivity index is 1.76. The molecule has 5 nitrogen and oxygen atoms in total. The summed E-state index contributed by atoms with van der Waals surface area (Å²) in [5.74, 6) is 0. The lowest BCUT2D eigenvalue weighted by Crippen LogP contribution is -2.34. The average molecular weight is 244 g/mol. The molecule has 1 fully saturated rings. The fraction of sp³-hybridized carbons (Fsp3) is 0.385. The van der Waals surface area contributed by atoms with Gasteiger partial charge in [0.1, 0.15) is 11.4 Å². The van der Waals surface area contributed by atoms with Crippen LogP contribution in [0.3, 0.4) is 0 Å². The van der Waals surface area contributed by atoms with Crippen LogP contribution in [-0.2, 0) is 6.54 Å². The predicted molar refractivity (Wildman–Crippen MR) is 67.7 cm³/mol. The first-order valence-electron chi connectivity index (χ1n) is 6.14. The summed E-state index contributed by atoms with van der Waals surface area (Å²) in [5, 5.41) is 23.7. The number of aromatic amines is 1. The first kappa shape index (κ1) is 11.4. The molecule has 0 saturated heterocycles. The standard InChI is InChI=1S/C13H16N4O/c18-9-13(6-7-13)14-8-11-12(16-17-15-11)10-4-2-1-3-5-10/h1-5,14,18H,6-9H2,(H,15,16,17). The van der Waals surface area contributed by atoms with Gasteiger partial charge in [0.25, 0.3) is 0 Å². The number of aliphatic hydroxyl groups excluding tert-OH is 1. The third-order valence-corrected chi connectivity index (χ3v) is 3.45. The van der Waals surface area contributed by atoms with Gasteiger partial charge in [0.05, 0.1) is 6.61 Å². The zero-order valence-corrected chi connectivity index (χ0v) is 10.1. The minimum absolute atomic E-state index is 0.0765. The van der Waals surface area contributed by atoms with Crippen molar-refractivity contribution in [3.8, 4) is 11.3 Å². The molecule has 18 heavy (non-hydrogen) atoms. The first-order valence-corrected chi connectivity index (χ1v) is 6.14. The van der Waals surface area contributed by atoms with Gasteiger partial charge in [-0.1, -0.05) is 30.3 Å². The van der Waals surface area contributed by atoms with E-state index in [1.165, 1.54) is 0 Å². The molecule has 3 N–H and O–H groups in total. The van der Waals surface area contributed by atoms with Crippen molar-refractivity contribution in [1.29, 1.82) is 0 Å². The molecule has 0 aliphatic heterocycles. The van der Waals surface area contributed by atoms with Crippen LogP contribution < -0.4 is 5.32 Å². The Kier molecular flexibility index (Phi) is 2.85. The van der Waals surface area contributed by atoms with Crippen molar-refractivity contribution >= 4 is 0 Å². The molecule has 1 aliphatic rings. The van der Waals surface area contributed by atoms with E-state index in [2.05, 4.69) is 20.7 Å². The van der Waals surface area contributed by atoms with Crippen LogP contribution in [0.25, 0.3) is 11.3 Å². The molecule has 0 bridgehead atoms. The molecule has 0 atom stereocenters. The summed E-state index contributed by atoms with van der Waals surface area (Å²) in [6.07, 6.45) is 2.06. The summed E-state index contributed by atoms with van der Waals surface area (Å²) < 4.78 is 0. The van der Waals surface area contributed by atoms with E-state index in [0.717, 1.165) is 29.8 Å². The van der Waals surface area contributed by atoms with Crippen LogP contribution in [0.5, 0.6) is 0 Å². The molecule has 1 aromatic heterocycles. The lowest BCUT2D eigenvalue weighted by atomic mass is 10.1. The minimum atomic E-state index is -0.0765. The summed E-state index contributed by atoms with van der Waals surface area (Å²) in [6.45, 7) is 0.812.